The van der Waals surface area contributed by atoms with Crippen LogP contribution in [-0.4, -0.2) is 47.7 Å². The van der Waals surface area contributed by atoms with Gasteiger partial charge in [-0.3, -0.25) is 9.69 Å². The number of hydrogen-bond acceptors (Lipinski definition) is 4. The maximum absolute atomic E-state index is 12.0. The van der Waals surface area contributed by atoms with Crippen molar-refractivity contribution >= 4 is 17.5 Å². The monoisotopic (exact) mass is 393 g/mol. The van der Waals surface area contributed by atoms with Crippen molar-refractivity contribution in [2.75, 3.05) is 19.6 Å². The highest BCUT2D eigenvalue weighted by Crippen LogP contribution is 2.38. The lowest BCUT2D eigenvalue weighted by atomic mass is 9.72. The Balaban J connectivity index is 1.52. The largest absolute Gasteiger partial charge is 0.390 e. The van der Waals surface area contributed by atoms with E-state index in [4.69, 9.17) is 17.3 Å². The highest BCUT2D eigenvalue weighted by molar-refractivity contribution is 6.30. The molecule has 5 nitrogen and oxygen atoms in total. The molecule has 1 saturated heterocycles. The number of nitrogens with one attached hydrogen (secondary N) is 1. The Labute approximate surface area is 167 Å². The summed E-state index contributed by atoms with van der Waals surface area (Å²) in [5.41, 5.74) is 6.81. The van der Waals surface area contributed by atoms with Gasteiger partial charge in [0.15, 0.2) is 0 Å². The van der Waals surface area contributed by atoms with E-state index >= 15 is 0 Å². The number of fused-ring (bicyclic) bond motifs is 1. The number of aliphatic hydroxyl groups is 1. The second-order valence-electron chi connectivity index (χ2n) is 8.25. The number of primary amides is 1. The Morgan fingerprint density at radius 1 is 1.30 bits per heavy atom. The van der Waals surface area contributed by atoms with Crippen LogP contribution in [0.5, 0.6) is 0 Å². The number of carbonyl (C=O) groups is 1. The third-order valence-corrected chi connectivity index (χ3v) is 6.56. The first-order valence-corrected chi connectivity index (χ1v) is 10.5. The van der Waals surface area contributed by atoms with Crippen LogP contribution in [0.4, 0.5) is 0 Å². The minimum atomic E-state index is -0.540. The van der Waals surface area contributed by atoms with Gasteiger partial charge in [0.05, 0.1) is 12.1 Å². The molecule has 3 unspecified atom stereocenters. The van der Waals surface area contributed by atoms with Crippen molar-refractivity contribution in [1.82, 2.24) is 10.2 Å². The van der Waals surface area contributed by atoms with E-state index < -0.39 is 6.10 Å². The molecule has 2 aliphatic rings. The van der Waals surface area contributed by atoms with E-state index in [1.165, 1.54) is 25.7 Å². The molecule has 1 heterocycles. The number of benzene rings is 1. The summed E-state index contributed by atoms with van der Waals surface area (Å²) in [5, 5.41) is 14.6. The molecule has 1 aliphatic heterocycles. The van der Waals surface area contributed by atoms with E-state index in [1.54, 1.807) is 0 Å². The molecule has 1 saturated carbocycles. The van der Waals surface area contributed by atoms with Crippen LogP contribution in [0, 0.1) is 11.8 Å². The minimum Gasteiger partial charge on any atom is -0.390 e. The predicted molar refractivity (Wildman–Crippen MR) is 108 cm³/mol. The maximum atomic E-state index is 12.0. The number of nitrogens with zero attached hydrogens (tertiary/aromatic N) is 1. The lowest BCUT2D eigenvalue weighted by Crippen LogP contribution is -2.56. The fourth-order valence-corrected chi connectivity index (χ4v) is 4.84. The molecule has 0 aromatic heterocycles. The molecule has 1 amide bonds. The van der Waals surface area contributed by atoms with E-state index in [1.807, 2.05) is 24.3 Å². The summed E-state index contributed by atoms with van der Waals surface area (Å²) in [6.07, 6.45) is 5.29. The zero-order valence-corrected chi connectivity index (χ0v) is 16.9. The molecule has 4 N–H and O–H groups in total. The van der Waals surface area contributed by atoms with Gasteiger partial charge in [0, 0.05) is 30.7 Å². The number of rotatable bonds is 7. The van der Waals surface area contributed by atoms with Crippen molar-refractivity contribution in [3.8, 4) is 0 Å². The molecule has 3 rings (SSSR count). The molecular formula is C21H32ClN3O2. The Morgan fingerprint density at radius 3 is 2.63 bits per heavy atom. The maximum Gasteiger partial charge on any atom is 0.234 e. The zero-order chi connectivity index (χ0) is 19.4. The number of piperidine rings is 1. The smallest absolute Gasteiger partial charge is 0.234 e. The highest BCUT2D eigenvalue weighted by atomic mass is 35.5. The van der Waals surface area contributed by atoms with Crippen LogP contribution in [-0.2, 0) is 4.79 Å². The van der Waals surface area contributed by atoms with Crippen LogP contribution >= 0.6 is 11.6 Å². The first-order valence-electron chi connectivity index (χ1n) is 10.1. The average Bonchev–Trinajstić information content (AvgIpc) is 2.66. The molecular weight excluding hydrogens is 362 g/mol. The van der Waals surface area contributed by atoms with Crippen molar-refractivity contribution < 1.29 is 9.90 Å². The Kier molecular flexibility index (Phi) is 7.15. The first-order chi connectivity index (χ1) is 12.9. The molecule has 0 radical (unpaired) electrons. The van der Waals surface area contributed by atoms with Gasteiger partial charge in [-0.15, -0.1) is 0 Å². The van der Waals surface area contributed by atoms with Crippen molar-refractivity contribution in [2.45, 2.75) is 57.2 Å². The first kappa shape index (κ1) is 20.6. The normalized spacial score (nSPS) is 28.3. The summed E-state index contributed by atoms with van der Waals surface area (Å²) < 4.78 is 0. The Bertz CT molecular complexity index is 624. The molecule has 6 heteroatoms. The fourth-order valence-electron chi connectivity index (χ4n) is 4.71. The van der Waals surface area contributed by atoms with Crippen molar-refractivity contribution in [3.05, 3.63) is 34.9 Å². The molecule has 2 fully saturated rings. The molecule has 1 aromatic carbocycles. The van der Waals surface area contributed by atoms with Gasteiger partial charge in [0.1, 0.15) is 0 Å². The van der Waals surface area contributed by atoms with Gasteiger partial charge < -0.3 is 16.2 Å². The Morgan fingerprint density at radius 2 is 1.96 bits per heavy atom. The molecule has 0 spiro atoms. The van der Waals surface area contributed by atoms with E-state index in [-0.39, 0.29) is 18.0 Å². The lowest BCUT2D eigenvalue weighted by Gasteiger charge is -2.45. The average molecular weight is 394 g/mol. The number of nitrogens with two attached hydrogens (primary N) is 1. The van der Waals surface area contributed by atoms with Gasteiger partial charge in [-0.05, 0) is 49.3 Å². The molecule has 150 valence electrons. The van der Waals surface area contributed by atoms with E-state index in [0.29, 0.717) is 24.9 Å². The fraction of sp³-hybridized carbons (Fsp3) is 0.667. The number of likely N-dealkylation sites (tertiary alicyclic amines) is 1. The van der Waals surface area contributed by atoms with Crippen LogP contribution in [0.1, 0.15) is 50.6 Å². The summed E-state index contributed by atoms with van der Waals surface area (Å²) in [7, 11) is 0. The third-order valence-electron chi connectivity index (χ3n) is 6.31. The van der Waals surface area contributed by atoms with Crippen LogP contribution < -0.4 is 11.1 Å². The van der Waals surface area contributed by atoms with Crippen LogP contribution in [0.15, 0.2) is 24.3 Å². The number of aliphatic hydroxyl groups excluding tert-OH is 1. The van der Waals surface area contributed by atoms with E-state index in [2.05, 4.69) is 17.1 Å². The van der Waals surface area contributed by atoms with Gasteiger partial charge >= 0.3 is 0 Å². The Hall–Kier alpha value is -1.14. The van der Waals surface area contributed by atoms with E-state index in [9.17, 15) is 9.90 Å². The van der Waals surface area contributed by atoms with Gasteiger partial charge in [-0.1, -0.05) is 43.0 Å². The summed E-state index contributed by atoms with van der Waals surface area (Å²) in [5.74, 6) is 1.00. The SMILES string of the molecule is C[C@H](NC[C@@H](O)CN1CC2CCCCC2CC1C(N)=O)c1ccc(Cl)cc1. The molecule has 1 aromatic rings. The molecule has 27 heavy (non-hydrogen) atoms. The number of amides is 1. The zero-order valence-electron chi connectivity index (χ0n) is 16.1. The quantitative estimate of drug-likeness (QED) is 0.665. The third kappa shape index (κ3) is 5.44. The second-order valence-corrected chi connectivity index (χ2v) is 8.68. The number of β-amino-alcohol motifs (C(OH)–C–C–N with tert-alkyl or cyclic N) is 1. The topological polar surface area (TPSA) is 78.6 Å². The number of hydrogen-bond donors (Lipinski definition) is 3. The van der Waals surface area contributed by atoms with Gasteiger partial charge in [-0.25, -0.2) is 0 Å². The minimum absolute atomic E-state index is 0.118. The molecule has 0 bridgehead atoms. The van der Waals surface area contributed by atoms with Crippen LogP contribution in [0.2, 0.25) is 5.02 Å². The van der Waals surface area contributed by atoms with Gasteiger partial charge in [0.2, 0.25) is 5.91 Å². The molecule has 5 atom stereocenters. The van der Waals surface area contributed by atoms with Crippen LogP contribution in [0.25, 0.3) is 0 Å². The summed E-state index contributed by atoms with van der Waals surface area (Å²) in [6, 6.07) is 7.60. The summed E-state index contributed by atoms with van der Waals surface area (Å²) >= 11 is 5.94. The van der Waals surface area contributed by atoms with Crippen molar-refractivity contribution in [2.24, 2.45) is 17.6 Å². The molecule has 1 aliphatic carbocycles. The number of halogens is 1. The van der Waals surface area contributed by atoms with Gasteiger partial charge in [0.25, 0.3) is 0 Å². The highest BCUT2D eigenvalue weighted by Gasteiger charge is 2.39. The number of carbonyl (C=O) groups excluding carboxylic acids is 1. The van der Waals surface area contributed by atoms with Gasteiger partial charge in [-0.2, -0.15) is 0 Å². The van der Waals surface area contributed by atoms with Crippen LogP contribution in [0.3, 0.4) is 0 Å². The lowest BCUT2D eigenvalue weighted by molar-refractivity contribution is -0.127. The standard InChI is InChI=1S/C21H32ClN3O2/c1-14(15-6-8-18(22)9-7-15)24-11-19(26)13-25-12-17-5-3-2-4-16(17)10-20(25)21(23)27/h6-9,14,16-17,19-20,24,26H,2-5,10-13H2,1H3,(H2,23,27)/t14-,16?,17?,19+,20?/m0/s1. The summed E-state index contributed by atoms with van der Waals surface area (Å²) in [4.78, 5) is 14.1. The predicted octanol–water partition coefficient (Wildman–Crippen LogP) is 2.72. The van der Waals surface area contributed by atoms with Crippen molar-refractivity contribution in [1.29, 1.82) is 0 Å². The summed E-state index contributed by atoms with van der Waals surface area (Å²) in [6.45, 7) is 3.90. The van der Waals surface area contributed by atoms with E-state index in [0.717, 1.165) is 23.6 Å². The van der Waals surface area contributed by atoms with Crippen molar-refractivity contribution in [3.63, 3.8) is 0 Å². The second kappa shape index (κ2) is 9.37.